The zero-order valence-corrected chi connectivity index (χ0v) is 15.0. The first-order valence-corrected chi connectivity index (χ1v) is 8.70. The second-order valence-electron chi connectivity index (χ2n) is 5.41. The van der Waals surface area contributed by atoms with E-state index in [1.54, 1.807) is 7.11 Å². The topological polar surface area (TPSA) is 36.9 Å². The second kappa shape index (κ2) is 9.50. The predicted octanol–water partition coefficient (Wildman–Crippen LogP) is 4.43. The average Bonchev–Trinajstić information content (AvgIpc) is 2.55. The van der Waals surface area contributed by atoms with Crippen LogP contribution >= 0.6 is 15.9 Å². The lowest BCUT2D eigenvalue weighted by atomic mass is 10.0. The van der Waals surface area contributed by atoms with Crippen LogP contribution in [0, 0.1) is 0 Å². The van der Waals surface area contributed by atoms with Crippen LogP contribution in [-0.2, 0) is 27.2 Å². The van der Waals surface area contributed by atoms with E-state index in [4.69, 9.17) is 18.9 Å². The molecule has 5 heteroatoms. The predicted molar refractivity (Wildman–Crippen MR) is 89.0 cm³/mol. The smallest absolute Gasteiger partial charge is 0.188 e. The second-order valence-corrected chi connectivity index (χ2v) is 6.26. The van der Waals surface area contributed by atoms with Crippen LogP contribution in [0.1, 0.15) is 43.7 Å². The van der Waals surface area contributed by atoms with Crippen LogP contribution in [0.25, 0.3) is 0 Å². The van der Waals surface area contributed by atoms with Crippen LogP contribution in [0.15, 0.2) is 16.6 Å². The molecule has 1 unspecified atom stereocenters. The number of methoxy groups -OCH3 is 1. The van der Waals surface area contributed by atoms with Gasteiger partial charge in [0, 0.05) is 23.8 Å². The summed E-state index contributed by atoms with van der Waals surface area (Å²) in [5.41, 5.74) is 2.33. The molecule has 2 rings (SSSR count). The summed E-state index contributed by atoms with van der Waals surface area (Å²) in [5, 5.41) is 0. The average molecular weight is 373 g/mol. The van der Waals surface area contributed by atoms with E-state index >= 15 is 0 Å². The highest BCUT2D eigenvalue weighted by atomic mass is 79.9. The van der Waals surface area contributed by atoms with Gasteiger partial charge in [-0.1, -0.05) is 29.3 Å². The third kappa shape index (κ3) is 4.95. The first-order valence-electron chi connectivity index (χ1n) is 7.91. The molecule has 1 aliphatic heterocycles. The molecule has 0 aromatic heterocycles. The molecule has 1 aliphatic rings. The Morgan fingerprint density at radius 2 is 2.14 bits per heavy atom. The van der Waals surface area contributed by atoms with Crippen LogP contribution in [0.5, 0.6) is 5.75 Å². The number of hydrogen-bond donors (Lipinski definition) is 0. The number of rotatable bonds is 8. The fourth-order valence-electron chi connectivity index (χ4n) is 2.60. The molecule has 1 atom stereocenters. The summed E-state index contributed by atoms with van der Waals surface area (Å²) in [7, 11) is 1.63. The van der Waals surface area contributed by atoms with Crippen LogP contribution in [-0.4, -0.2) is 26.8 Å². The van der Waals surface area contributed by atoms with Crippen molar-refractivity contribution in [2.75, 3.05) is 20.5 Å². The van der Waals surface area contributed by atoms with Gasteiger partial charge >= 0.3 is 0 Å². The Hall–Kier alpha value is -0.620. The van der Waals surface area contributed by atoms with E-state index in [9.17, 15) is 0 Å². The SMILES string of the molecule is CCCc1c(OCOC)ccc(Br)c1COC1CCCCO1. The molecule has 0 N–H and O–H groups in total. The van der Waals surface area contributed by atoms with Gasteiger partial charge < -0.3 is 18.9 Å². The molecule has 1 aromatic rings. The van der Waals surface area contributed by atoms with E-state index in [0.717, 1.165) is 48.1 Å². The van der Waals surface area contributed by atoms with Crippen LogP contribution in [0.2, 0.25) is 0 Å². The van der Waals surface area contributed by atoms with Gasteiger partial charge in [-0.25, -0.2) is 0 Å². The van der Waals surface area contributed by atoms with E-state index in [1.807, 2.05) is 12.1 Å². The number of hydrogen-bond acceptors (Lipinski definition) is 4. The maximum absolute atomic E-state index is 5.96. The quantitative estimate of drug-likeness (QED) is 0.632. The maximum Gasteiger partial charge on any atom is 0.188 e. The van der Waals surface area contributed by atoms with Gasteiger partial charge in [-0.2, -0.15) is 0 Å². The lowest BCUT2D eigenvalue weighted by molar-refractivity contribution is -0.169. The summed E-state index contributed by atoms with van der Waals surface area (Å²) in [6.07, 6.45) is 5.18. The van der Waals surface area contributed by atoms with Gasteiger partial charge in [-0.15, -0.1) is 0 Å². The molecule has 1 fully saturated rings. The largest absolute Gasteiger partial charge is 0.467 e. The molecule has 124 valence electrons. The van der Waals surface area contributed by atoms with Gasteiger partial charge in [0.1, 0.15) is 5.75 Å². The van der Waals surface area contributed by atoms with E-state index in [-0.39, 0.29) is 13.1 Å². The Morgan fingerprint density at radius 3 is 2.82 bits per heavy atom. The minimum absolute atomic E-state index is 0.0846. The molecule has 0 bridgehead atoms. The minimum Gasteiger partial charge on any atom is -0.467 e. The van der Waals surface area contributed by atoms with Gasteiger partial charge in [0.25, 0.3) is 0 Å². The third-order valence-corrected chi connectivity index (χ3v) is 4.46. The molecule has 0 radical (unpaired) electrons. The molecule has 4 nitrogen and oxygen atoms in total. The van der Waals surface area contributed by atoms with Crippen molar-refractivity contribution in [1.29, 1.82) is 0 Å². The van der Waals surface area contributed by atoms with Crippen LogP contribution in [0.4, 0.5) is 0 Å². The highest BCUT2D eigenvalue weighted by Gasteiger charge is 2.18. The first kappa shape index (κ1) is 17.7. The highest BCUT2D eigenvalue weighted by molar-refractivity contribution is 9.10. The molecule has 0 spiro atoms. The summed E-state index contributed by atoms with van der Waals surface area (Å²) in [6.45, 7) is 3.75. The summed E-state index contributed by atoms with van der Waals surface area (Å²) in [4.78, 5) is 0. The molecule has 0 saturated carbocycles. The lowest BCUT2D eigenvalue weighted by Gasteiger charge is -2.24. The molecule has 1 heterocycles. The molecular formula is C17H25BrO4. The van der Waals surface area contributed by atoms with Crippen molar-refractivity contribution in [2.45, 2.75) is 51.9 Å². The lowest BCUT2D eigenvalue weighted by Crippen LogP contribution is -2.22. The van der Waals surface area contributed by atoms with Crippen molar-refractivity contribution in [3.05, 3.63) is 27.7 Å². The number of benzene rings is 1. The van der Waals surface area contributed by atoms with E-state index < -0.39 is 0 Å². The Morgan fingerprint density at radius 1 is 1.27 bits per heavy atom. The van der Waals surface area contributed by atoms with Crippen molar-refractivity contribution in [1.82, 2.24) is 0 Å². The van der Waals surface area contributed by atoms with E-state index in [2.05, 4.69) is 22.9 Å². The first-order chi connectivity index (χ1) is 10.8. The Kier molecular flexibility index (Phi) is 7.66. The van der Waals surface area contributed by atoms with Crippen molar-refractivity contribution in [3.63, 3.8) is 0 Å². The van der Waals surface area contributed by atoms with Gasteiger partial charge in [-0.05, 0) is 43.4 Å². The van der Waals surface area contributed by atoms with Crippen LogP contribution < -0.4 is 4.74 Å². The highest BCUT2D eigenvalue weighted by Crippen LogP contribution is 2.32. The molecule has 22 heavy (non-hydrogen) atoms. The van der Waals surface area contributed by atoms with Crippen molar-refractivity contribution in [3.8, 4) is 5.75 Å². The fraction of sp³-hybridized carbons (Fsp3) is 0.647. The van der Waals surface area contributed by atoms with Gasteiger partial charge in [0.2, 0.25) is 0 Å². The fourth-order valence-corrected chi connectivity index (χ4v) is 3.09. The van der Waals surface area contributed by atoms with Crippen LogP contribution in [0.3, 0.4) is 0 Å². The summed E-state index contributed by atoms with van der Waals surface area (Å²) >= 11 is 3.64. The molecule has 1 aromatic carbocycles. The van der Waals surface area contributed by atoms with Crippen molar-refractivity contribution in [2.24, 2.45) is 0 Å². The molecular weight excluding hydrogens is 348 g/mol. The minimum atomic E-state index is -0.0846. The van der Waals surface area contributed by atoms with Gasteiger partial charge in [0.15, 0.2) is 13.1 Å². The third-order valence-electron chi connectivity index (χ3n) is 3.71. The zero-order valence-electron chi connectivity index (χ0n) is 13.4. The monoisotopic (exact) mass is 372 g/mol. The maximum atomic E-state index is 5.96. The summed E-state index contributed by atoms with van der Waals surface area (Å²) in [5.74, 6) is 0.870. The van der Waals surface area contributed by atoms with E-state index in [0.29, 0.717) is 6.61 Å². The molecule has 0 amide bonds. The summed E-state index contributed by atoms with van der Waals surface area (Å²) < 4.78 is 23.4. The molecule has 1 saturated heterocycles. The van der Waals surface area contributed by atoms with Gasteiger partial charge in [0.05, 0.1) is 6.61 Å². The number of halogens is 1. The Bertz CT molecular complexity index is 458. The van der Waals surface area contributed by atoms with Gasteiger partial charge in [-0.3, -0.25) is 0 Å². The zero-order chi connectivity index (χ0) is 15.8. The Labute approximate surface area is 141 Å². The molecule has 0 aliphatic carbocycles. The standard InChI is InChI=1S/C17H25BrO4/c1-3-6-13-14(11-21-17-7-4-5-10-20-17)15(18)8-9-16(13)22-12-19-2/h8-9,17H,3-7,10-12H2,1-2H3. The Balaban J connectivity index is 2.11. The normalized spacial score (nSPS) is 18.4. The van der Waals surface area contributed by atoms with Crippen molar-refractivity contribution < 1.29 is 18.9 Å². The van der Waals surface area contributed by atoms with Crippen molar-refractivity contribution >= 4 is 15.9 Å². The summed E-state index contributed by atoms with van der Waals surface area (Å²) in [6, 6.07) is 3.99. The number of ether oxygens (including phenoxy) is 4. The van der Waals surface area contributed by atoms with E-state index in [1.165, 1.54) is 12.0 Å².